The fraction of sp³-hybridized carbons (Fsp3) is 0. The molecule has 0 heterocycles. The van der Waals surface area contributed by atoms with Crippen molar-refractivity contribution in [3.8, 4) is 0 Å². The molecule has 0 bridgehead atoms. The standard InChI is InChI=1S/2Cu.2Se. The van der Waals surface area contributed by atoms with E-state index in [1.807, 2.05) is 0 Å². The van der Waals surface area contributed by atoms with Gasteiger partial charge in [-0.05, 0) is 0 Å². The van der Waals surface area contributed by atoms with Crippen molar-refractivity contribution < 1.29 is 34.1 Å². The molecule has 0 aliphatic rings. The van der Waals surface area contributed by atoms with Crippen LogP contribution >= 0.6 is 0 Å². The first kappa shape index (κ1) is 36.3. The fourth-order valence-corrected chi connectivity index (χ4v) is 0. The van der Waals surface area contributed by atoms with Crippen LogP contribution in [-0.2, 0) is 34.1 Å². The third kappa shape index (κ3) is 8.95. The van der Waals surface area contributed by atoms with Gasteiger partial charge in [0, 0.05) is 68.3 Å². The molecule has 0 atom stereocenters. The average Bonchev–Trinajstić information content (AvgIpc) is 0. The third-order valence-corrected chi connectivity index (χ3v) is 0. The molecule has 0 spiro atoms. The molecular weight excluding hydrogens is 285 g/mol. The van der Waals surface area contributed by atoms with E-state index < -0.39 is 0 Å². The van der Waals surface area contributed by atoms with Crippen LogP contribution in [-0.4, -0.2) is 34.1 Å². The summed E-state index contributed by atoms with van der Waals surface area (Å²) < 4.78 is 0. The van der Waals surface area contributed by atoms with Crippen LogP contribution in [0.5, 0.6) is 0 Å². The van der Waals surface area contributed by atoms with Gasteiger partial charge in [0.25, 0.3) is 0 Å². The van der Waals surface area contributed by atoms with Crippen LogP contribution < -0.4 is 0 Å². The zero-order valence-corrected chi connectivity index (χ0v) is 6.73. The van der Waals surface area contributed by atoms with E-state index in [1.54, 1.807) is 0 Å². The summed E-state index contributed by atoms with van der Waals surface area (Å²) in [7, 11) is 0. The first-order chi connectivity index (χ1) is 0. The zero-order valence-electron chi connectivity index (χ0n) is 1.42. The van der Waals surface area contributed by atoms with Crippen LogP contribution in [0.4, 0.5) is 0 Å². The van der Waals surface area contributed by atoms with E-state index in [2.05, 4.69) is 0 Å². The van der Waals surface area contributed by atoms with Crippen LogP contribution in [0.25, 0.3) is 0 Å². The maximum absolute atomic E-state index is 0. The molecule has 0 fully saturated rings. The molecule has 6 radical (unpaired) electrons. The largest absolute Gasteiger partial charge is 0 e. The van der Waals surface area contributed by atoms with Crippen molar-refractivity contribution in [3.05, 3.63) is 0 Å². The van der Waals surface area contributed by atoms with E-state index in [0.717, 1.165) is 0 Å². The molecule has 0 saturated heterocycles. The van der Waals surface area contributed by atoms with Gasteiger partial charge >= 0.3 is 0 Å². The Morgan fingerprint density at radius 2 is 0.500 bits per heavy atom. The van der Waals surface area contributed by atoms with Crippen molar-refractivity contribution in [3.63, 3.8) is 0 Å². The molecule has 34 valence electrons. The molecule has 4 heavy (non-hydrogen) atoms. The summed E-state index contributed by atoms with van der Waals surface area (Å²) in [6.45, 7) is 0. The molecule has 4 heteroatoms. The number of hydrogen-bond acceptors (Lipinski definition) is 0. The zero-order chi connectivity index (χ0) is 0. The van der Waals surface area contributed by atoms with Gasteiger partial charge in [0.2, 0.25) is 0 Å². The van der Waals surface area contributed by atoms with Gasteiger partial charge in [-0.15, -0.1) is 0 Å². The van der Waals surface area contributed by atoms with Crippen molar-refractivity contribution in [2.45, 2.75) is 0 Å². The van der Waals surface area contributed by atoms with Gasteiger partial charge in [-0.2, -0.15) is 0 Å². The summed E-state index contributed by atoms with van der Waals surface area (Å²) in [6, 6.07) is 0. The van der Waals surface area contributed by atoms with Crippen LogP contribution in [0.3, 0.4) is 0 Å². The van der Waals surface area contributed by atoms with E-state index in [1.165, 1.54) is 0 Å². The summed E-state index contributed by atoms with van der Waals surface area (Å²) >= 11 is 0. The van der Waals surface area contributed by atoms with Crippen LogP contribution in [0.15, 0.2) is 0 Å². The third-order valence-electron chi connectivity index (χ3n) is 0. The van der Waals surface area contributed by atoms with E-state index in [9.17, 15) is 0 Å². The molecular formula is Cu2Se2. The smallest absolute Gasteiger partial charge is 0 e. The van der Waals surface area contributed by atoms with Crippen molar-refractivity contribution in [1.29, 1.82) is 0 Å². The maximum atomic E-state index is 0. The van der Waals surface area contributed by atoms with E-state index >= 15 is 0 Å². The van der Waals surface area contributed by atoms with Crippen molar-refractivity contribution in [2.75, 3.05) is 0 Å². The second-order valence-corrected chi connectivity index (χ2v) is 0. The van der Waals surface area contributed by atoms with Gasteiger partial charge in [0.05, 0.1) is 0 Å². The Morgan fingerprint density at radius 3 is 0.500 bits per heavy atom. The van der Waals surface area contributed by atoms with Gasteiger partial charge in [-0.1, -0.05) is 0 Å². The Balaban J connectivity index is 0. The van der Waals surface area contributed by atoms with Crippen LogP contribution in [0, 0.1) is 0 Å². The van der Waals surface area contributed by atoms with Crippen molar-refractivity contribution in [1.82, 2.24) is 0 Å². The quantitative estimate of drug-likeness (QED) is 0.513. The Labute approximate surface area is 67.8 Å². The Hall–Kier alpha value is 2.08. The maximum Gasteiger partial charge on any atom is 0 e. The summed E-state index contributed by atoms with van der Waals surface area (Å²) in [6.07, 6.45) is 0. The summed E-state index contributed by atoms with van der Waals surface area (Å²) in [5, 5.41) is 0. The molecule has 0 nitrogen and oxygen atoms in total. The van der Waals surface area contributed by atoms with Crippen molar-refractivity contribution in [2.24, 2.45) is 0 Å². The monoisotopic (exact) mass is 286 g/mol. The molecule has 0 saturated carbocycles. The summed E-state index contributed by atoms with van der Waals surface area (Å²) in [4.78, 5) is 0. The first-order valence-electron chi connectivity index (χ1n) is 0. The predicted octanol–water partition coefficient (Wildman–Crippen LogP) is -0.767. The molecule has 0 aliphatic carbocycles. The topological polar surface area (TPSA) is 0 Å². The van der Waals surface area contributed by atoms with Gasteiger partial charge < -0.3 is 0 Å². The van der Waals surface area contributed by atoms with Gasteiger partial charge in [-0.3, -0.25) is 0 Å². The molecule has 0 aromatic heterocycles. The van der Waals surface area contributed by atoms with Gasteiger partial charge in [0.15, 0.2) is 0 Å². The van der Waals surface area contributed by atoms with Gasteiger partial charge in [-0.25, -0.2) is 0 Å². The molecule has 0 unspecified atom stereocenters. The Bertz CT molecular complexity index is 4.00. The SMILES string of the molecule is [Cu].[Cu].[Se].[Se]. The molecule has 0 rings (SSSR count). The van der Waals surface area contributed by atoms with Crippen LogP contribution in [0.1, 0.15) is 0 Å². The van der Waals surface area contributed by atoms with E-state index in [-0.39, 0.29) is 68.3 Å². The molecule has 0 N–H and O–H groups in total. The molecule has 0 aromatic carbocycles. The molecule has 0 aromatic rings. The van der Waals surface area contributed by atoms with Crippen LogP contribution in [0.2, 0.25) is 0 Å². The minimum absolute atomic E-state index is 0. The molecule has 0 aliphatic heterocycles. The minimum Gasteiger partial charge on any atom is 0 e. The second kappa shape index (κ2) is 19.6. The second-order valence-electron chi connectivity index (χ2n) is 0. The summed E-state index contributed by atoms with van der Waals surface area (Å²) in [5.41, 5.74) is 0. The fourth-order valence-electron chi connectivity index (χ4n) is 0. The van der Waals surface area contributed by atoms with Gasteiger partial charge in [0.1, 0.15) is 0 Å². The molecule has 0 amide bonds. The predicted molar refractivity (Wildman–Crippen MR) is 11.5 cm³/mol. The Morgan fingerprint density at radius 1 is 0.500 bits per heavy atom. The average molecular weight is 285 g/mol. The normalized spacial score (nSPS) is 0. The van der Waals surface area contributed by atoms with E-state index in [4.69, 9.17) is 0 Å². The van der Waals surface area contributed by atoms with E-state index in [0.29, 0.717) is 0 Å². The Kier molecular flexibility index (Phi) is 177. The summed E-state index contributed by atoms with van der Waals surface area (Å²) in [5.74, 6) is 0. The first-order valence-corrected chi connectivity index (χ1v) is 0. The minimum atomic E-state index is 0. The number of hydrogen-bond donors (Lipinski definition) is 0. The number of rotatable bonds is 0. The van der Waals surface area contributed by atoms with Crippen molar-refractivity contribution >= 4 is 34.1 Å².